The topological polar surface area (TPSA) is 50.1 Å². The van der Waals surface area contributed by atoms with Crippen molar-refractivity contribution in [3.63, 3.8) is 0 Å². The number of Topliss-reactive ketones (excluding diaryl/α,β-unsaturated/α-hetero) is 1. The average Bonchev–Trinajstić information content (AvgIpc) is 3.00. The molecule has 3 rings (SSSR count). The van der Waals surface area contributed by atoms with Gasteiger partial charge < -0.3 is 4.43 Å². The van der Waals surface area contributed by atoms with Crippen molar-refractivity contribution in [1.82, 2.24) is 0 Å². The molecule has 0 aliphatic heterocycles. The second-order valence-corrected chi connectivity index (χ2v) is 14.8. The zero-order chi connectivity index (χ0) is 19.3. The molecule has 1 saturated carbocycles. The van der Waals surface area contributed by atoms with E-state index in [1.807, 2.05) is 6.08 Å². The molecule has 3 nitrogen and oxygen atoms in total. The monoisotopic (exact) mass is 371 g/mol. The van der Waals surface area contributed by atoms with Gasteiger partial charge in [0.25, 0.3) is 8.32 Å². The van der Waals surface area contributed by atoms with Gasteiger partial charge in [-0.25, -0.2) is 0 Å². The van der Waals surface area contributed by atoms with Crippen LogP contribution in [0.25, 0.3) is 0 Å². The van der Waals surface area contributed by atoms with E-state index < -0.39 is 13.7 Å². The fraction of sp³-hybridized carbons (Fsp3) is 0.727. The van der Waals surface area contributed by atoms with Crippen LogP contribution in [0.2, 0.25) is 16.6 Å². The van der Waals surface area contributed by atoms with Gasteiger partial charge in [0.15, 0.2) is 5.78 Å². The minimum absolute atomic E-state index is 0.221. The van der Waals surface area contributed by atoms with Crippen molar-refractivity contribution < 1.29 is 9.22 Å². The molecular weight excluding hydrogens is 338 g/mol. The predicted molar refractivity (Wildman–Crippen MR) is 107 cm³/mol. The number of rotatable bonds is 5. The van der Waals surface area contributed by atoms with Gasteiger partial charge in [0.05, 0.1) is 17.2 Å². The Morgan fingerprint density at radius 3 is 2.31 bits per heavy atom. The zero-order valence-corrected chi connectivity index (χ0v) is 18.2. The van der Waals surface area contributed by atoms with Gasteiger partial charge in [0.1, 0.15) is 0 Å². The largest absolute Gasteiger partial charge is 0.546 e. The molecule has 0 unspecified atom stereocenters. The van der Waals surface area contributed by atoms with Crippen molar-refractivity contribution in [2.24, 2.45) is 11.3 Å². The fourth-order valence-electron chi connectivity index (χ4n) is 6.08. The number of hydrogen-bond donors (Lipinski definition) is 0. The van der Waals surface area contributed by atoms with E-state index in [4.69, 9.17) is 4.43 Å². The first-order chi connectivity index (χ1) is 12.2. The lowest BCUT2D eigenvalue weighted by atomic mass is 9.78. The summed E-state index contributed by atoms with van der Waals surface area (Å²) in [4.78, 5) is 12.7. The van der Waals surface area contributed by atoms with E-state index in [1.165, 1.54) is 0 Å². The lowest BCUT2D eigenvalue weighted by molar-refractivity contribution is -0.115. The first-order valence-electron chi connectivity index (χ1n) is 10.3. The predicted octanol–water partition coefficient (Wildman–Crippen LogP) is 6.05. The maximum Gasteiger partial charge on any atom is 0.258 e. The van der Waals surface area contributed by atoms with Crippen LogP contribution in [0.3, 0.4) is 0 Å². The molecule has 0 aromatic rings. The lowest BCUT2D eigenvalue weighted by Gasteiger charge is -2.43. The van der Waals surface area contributed by atoms with Crippen molar-refractivity contribution in [2.45, 2.75) is 90.3 Å². The first-order valence-corrected chi connectivity index (χ1v) is 12.4. The average molecular weight is 372 g/mol. The molecule has 4 heteroatoms. The summed E-state index contributed by atoms with van der Waals surface area (Å²) in [7, 11) is -2.04. The Morgan fingerprint density at radius 1 is 1.15 bits per heavy atom. The van der Waals surface area contributed by atoms with Crippen LogP contribution in [-0.4, -0.2) is 14.1 Å². The van der Waals surface area contributed by atoms with E-state index in [1.54, 1.807) is 0 Å². The molecule has 0 heterocycles. The molecule has 26 heavy (non-hydrogen) atoms. The van der Waals surface area contributed by atoms with Gasteiger partial charge in [-0.15, -0.1) is 0 Å². The number of allylic oxidation sites excluding steroid dienone is 4. The van der Waals surface area contributed by atoms with Crippen molar-refractivity contribution in [1.29, 1.82) is 5.26 Å². The molecule has 0 spiro atoms. The van der Waals surface area contributed by atoms with Crippen LogP contribution < -0.4 is 0 Å². The Kier molecular flexibility index (Phi) is 4.98. The van der Waals surface area contributed by atoms with Crippen molar-refractivity contribution in [2.75, 3.05) is 0 Å². The molecule has 0 saturated heterocycles. The third kappa shape index (κ3) is 2.71. The normalized spacial score (nSPS) is 28.5. The first kappa shape index (κ1) is 19.4. The molecule has 0 radical (unpaired) electrons. The molecule has 3 aliphatic rings. The van der Waals surface area contributed by atoms with Crippen LogP contribution in [-0.2, 0) is 9.22 Å². The Bertz CT molecular complexity index is 688. The van der Waals surface area contributed by atoms with Gasteiger partial charge in [-0.1, -0.05) is 41.5 Å². The van der Waals surface area contributed by atoms with Crippen LogP contribution >= 0.6 is 0 Å². The molecule has 0 amide bonds. The Morgan fingerprint density at radius 2 is 1.77 bits per heavy atom. The molecule has 3 aliphatic carbocycles. The third-order valence-electron chi connectivity index (χ3n) is 7.20. The van der Waals surface area contributed by atoms with Gasteiger partial charge in [-0.3, -0.25) is 4.79 Å². The number of hydrogen-bond acceptors (Lipinski definition) is 3. The highest BCUT2D eigenvalue weighted by Crippen LogP contribution is 2.57. The highest BCUT2D eigenvalue weighted by Gasteiger charge is 2.52. The van der Waals surface area contributed by atoms with Crippen LogP contribution in [0, 0.1) is 22.7 Å². The van der Waals surface area contributed by atoms with Crippen molar-refractivity contribution in [3.8, 4) is 6.07 Å². The number of nitrogens with zero attached hydrogens (tertiary/aromatic N) is 1. The molecule has 142 valence electrons. The van der Waals surface area contributed by atoms with Crippen molar-refractivity contribution >= 4 is 14.1 Å². The second-order valence-electron chi connectivity index (χ2n) is 9.41. The van der Waals surface area contributed by atoms with Gasteiger partial charge in [0, 0.05) is 18.4 Å². The maximum absolute atomic E-state index is 12.7. The second kappa shape index (κ2) is 6.67. The van der Waals surface area contributed by atoms with E-state index in [-0.39, 0.29) is 5.78 Å². The summed E-state index contributed by atoms with van der Waals surface area (Å²) in [6.45, 7) is 13.7. The van der Waals surface area contributed by atoms with E-state index in [0.717, 1.165) is 42.6 Å². The fourth-order valence-corrected chi connectivity index (χ4v) is 11.4. The number of ketones is 1. The summed E-state index contributed by atoms with van der Waals surface area (Å²) in [5.74, 6) is 1.49. The van der Waals surface area contributed by atoms with Gasteiger partial charge in [-0.2, -0.15) is 5.26 Å². The lowest BCUT2D eigenvalue weighted by Crippen LogP contribution is -2.47. The molecular formula is C22H33NO2Si. The van der Waals surface area contributed by atoms with Crippen LogP contribution in [0.1, 0.15) is 73.6 Å². The SMILES string of the molecule is CC(C)[Si](OC1=CC2=C3[C@@H](CC[C@]3(C#N)CC1)CC2=O)(C(C)C)C(C)C. The molecule has 2 atom stereocenters. The summed E-state index contributed by atoms with van der Waals surface area (Å²) < 4.78 is 6.90. The third-order valence-corrected chi connectivity index (χ3v) is 13.2. The Labute approximate surface area is 159 Å². The molecule has 0 bridgehead atoms. The van der Waals surface area contributed by atoms with Crippen molar-refractivity contribution in [3.05, 3.63) is 23.0 Å². The summed E-state index contributed by atoms with van der Waals surface area (Å²) >= 11 is 0. The number of carbonyl (C=O) groups is 1. The highest BCUT2D eigenvalue weighted by atomic mass is 28.4. The number of carbonyl (C=O) groups excluding carboxylic acids is 1. The summed E-state index contributed by atoms with van der Waals surface area (Å²) in [5, 5.41) is 9.96. The van der Waals surface area contributed by atoms with Crippen LogP contribution in [0.15, 0.2) is 23.0 Å². The van der Waals surface area contributed by atoms with E-state index >= 15 is 0 Å². The molecule has 0 aromatic heterocycles. The molecule has 0 N–H and O–H groups in total. The minimum atomic E-state index is -2.04. The number of nitriles is 1. The molecule has 1 fully saturated rings. The van der Waals surface area contributed by atoms with Gasteiger partial charge in [0.2, 0.25) is 0 Å². The molecule has 0 aromatic carbocycles. The zero-order valence-electron chi connectivity index (χ0n) is 17.2. The van der Waals surface area contributed by atoms with Gasteiger partial charge in [-0.05, 0) is 53.5 Å². The van der Waals surface area contributed by atoms with Gasteiger partial charge >= 0.3 is 0 Å². The smallest absolute Gasteiger partial charge is 0.258 e. The standard InChI is InChI=1S/C22H33NO2Si/c1-14(2)26(15(3)4,16(5)6)25-18-8-10-22(13-23)9-7-17-11-20(24)19(12-18)21(17)22/h12,14-17H,7-11H2,1-6H3/t17-,22+/m0/s1. The Hall–Kier alpha value is -1.34. The quantitative estimate of drug-likeness (QED) is 0.553. The Balaban J connectivity index is 2.02. The summed E-state index contributed by atoms with van der Waals surface area (Å²) in [6.07, 6.45) is 6.11. The van der Waals surface area contributed by atoms with E-state index in [0.29, 0.717) is 29.0 Å². The van der Waals surface area contributed by atoms with Crippen LogP contribution in [0.5, 0.6) is 0 Å². The maximum atomic E-state index is 12.7. The summed E-state index contributed by atoms with van der Waals surface area (Å²) in [6, 6.07) is 2.60. The van der Waals surface area contributed by atoms with E-state index in [9.17, 15) is 10.1 Å². The van der Waals surface area contributed by atoms with Crippen LogP contribution in [0.4, 0.5) is 0 Å². The van der Waals surface area contributed by atoms with E-state index in [2.05, 4.69) is 47.6 Å². The highest BCUT2D eigenvalue weighted by molar-refractivity contribution is 6.77. The minimum Gasteiger partial charge on any atom is -0.546 e. The summed E-state index contributed by atoms with van der Waals surface area (Å²) in [5.41, 5.74) is 3.04.